The lowest BCUT2D eigenvalue weighted by molar-refractivity contribution is -0.127. The molecule has 1 aliphatic rings. The van der Waals surface area contributed by atoms with Gasteiger partial charge in [0, 0.05) is 24.3 Å². The maximum Gasteiger partial charge on any atom is 0.294 e. The van der Waals surface area contributed by atoms with Crippen molar-refractivity contribution in [3.8, 4) is 0 Å². The molecule has 1 fully saturated rings. The van der Waals surface area contributed by atoms with E-state index in [2.05, 4.69) is 21.2 Å². The number of nitrogens with zero attached hydrogens (tertiary/aromatic N) is 2. The molecule has 0 spiro atoms. The molecule has 2 aromatic rings. The van der Waals surface area contributed by atoms with E-state index in [0.717, 1.165) is 43.5 Å². The van der Waals surface area contributed by atoms with Crippen LogP contribution in [0.5, 0.6) is 0 Å². The number of carbonyl (C=O) groups is 3. The van der Waals surface area contributed by atoms with Crippen LogP contribution in [0.1, 0.15) is 16.7 Å². The highest BCUT2D eigenvalue weighted by molar-refractivity contribution is 9.10. The average molecular weight is 488 g/mol. The second kappa shape index (κ2) is 9.06. The first-order chi connectivity index (χ1) is 14.2. The highest BCUT2D eigenvalue weighted by Crippen LogP contribution is 2.34. The van der Waals surface area contributed by atoms with Gasteiger partial charge in [-0.3, -0.25) is 19.3 Å². The summed E-state index contributed by atoms with van der Waals surface area (Å²) < 4.78 is 0.883. The molecule has 0 bridgehead atoms. The Morgan fingerprint density at radius 1 is 1.17 bits per heavy atom. The highest BCUT2D eigenvalue weighted by atomic mass is 79.9. The minimum absolute atomic E-state index is 0.296. The van der Waals surface area contributed by atoms with Crippen molar-refractivity contribution in [1.82, 2.24) is 4.90 Å². The third kappa shape index (κ3) is 4.76. The Kier molecular flexibility index (Phi) is 6.67. The minimum atomic E-state index is -0.463. The number of halogens is 1. The van der Waals surface area contributed by atoms with E-state index >= 15 is 0 Å². The van der Waals surface area contributed by atoms with Gasteiger partial charge in [-0.05, 0) is 76.4 Å². The second-order valence-corrected chi connectivity index (χ2v) is 9.04. The van der Waals surface area contributed by atoms with E-state index in [1.807, 2.05) is 69.2 Å². The van der Waals surface area contributed by atoms with Crippen molar-refractivity contribution in [3.63, 3.8) is 0 Å². The van der Waals surface area contributed by atoms with Crippen molar-refractivity contribution in [2.75, 3.05) is 30.9 Å². The molecular formula is C22H22BrN3O3S. The quantitative estimate of drug-likeness (QED) is 0.612. The Morgan fingerprint density at radius 3 is 2.43 bits per heavy atom. The fourth-order valence-corrected chi connectivity index (χ4v) is 4.69. The summed E-state index contributed by atoms with van der Waals surface area (Å²) in [5.74, 6) is -0.872. The topological polar surface area (TPSA) is 69.7 Å². The van der Waals surface area contributed by atoms with Gasteiger partial charge in [-0.2, -0.15) is 0 Å². The lowest BCUT2D eigenvalue weighted by Crippen LogP contribution is -2.36. The van der Waals surface area contributed by atoms with Crippen molar-refractivity contribution < 1.29 is 14.4 Å². The third-order valence-electron chi connectivity index (χ3n) is 4.67. The molecule has 1 N–H and O–H groups in total. The summed E-state index contributed by atoms with van der Waals surface area (Å²) in [6, 6.07) is 11.4. The fraction of sp³-hybridized carbons (Fsp3) is 0.227. The molecule has 1 heterocycles. The van der Waals surface area contributed by atoms with Crippen LogP contribution in [0, 0.1) is 13.8 Å². The normalized spacial score (nSPS) is 15.1. The molecule has 0 aromatic heterocycles. The van der Waals surface area contributed by atoms with Crippen LogP contribution in [0.15, 0.2) is 45.8 Å². The number of hydrogen-bond donors (Lipinski definition) is 1. The van der Waals surface area contributed by atoms with E-state index in [9.17, 15) is 14.4 Å². The summed E-state index contributed by atoms with van der Waals surface area (Å²) in [4.78, 5) is 40.8. The van der Waals surface area contributed by atoms with Crippen LogP contribution in [-0.4, -0.2) is 42.6 Å². The summed E-state index contributed by atoms with van der Waals surface area (Å²) in [5.41, 5.74) is 4.34. The molecular weight excluding hydrogens is 466 g/mol. The lowest BCUT2D eigenvalue weighted by atomic mass is 10.1. The van der Waals surface area contributed by atoms with Gasteiger partial charge in [0.2, 0.25) is 5.91 Å². The summed E-state index contributed by atoms with van der Waals surface area (Å²) in [6.07, 6.45) is 1.67. The molecule has 156 valence electrons. The number of benzene rings is 2. The monoisotopic (exact) mass is 487 g/mol. The number of imide groups is 1. The first-order valence-electron chi connectivity index (χ1n) is 9.25. The summed E-state index contributed by atoms with van der Waals surface area (Å²) in [5, 5.41) is 2.36. The summed E-state index contributed by atoms with van der Waals surface area (Å²) in [7, 11) is 3.88. The number of aryl methyl sites for hydroxylation is 2. The number of rotatable bonds is 5. The molecule has 0 atom stereocenters. The predicted octanol–water partition coefficient (Wildman–Crippen LogP) is 4.81. The molecule has 0 aliphatic carbocycles. The number of para-hydroxylation sites is 1. The third-order valence-corrected chi connectivity index (χ3v) is 6.21. The predicted molar refractivity (Wildman–Crippen MR) is 126 cm³/mol. The zero-order valence-electron chi connectivity index (χ0n) is 17.2. The van der Waals surface area contributed by atoms with E-state index in [-0.39, 0.29) is 6.54 Å². The summed E-state index contributed by atoms with van der Waals surface area (Å²) >= 11 is 4.36. The van der Waals surface area contributed by atoms with Crippen molar-refractivity contribution in [2.24, 2.45) is 0 Å². The standard InChI is InChI=1S/C22H22BrN3O3S/c1-13-6-5-7-14(2)20(13)24-19(27)12-26-21(28)18(30-22(26)29)11-15-8-9-17(25(3)4)16(23)10-15/h5-11H,12H2,1-4H3,(H,24,27)/b18-11-. The number of hydrogen-bond acceptors (Lipinski definition) is 5. The number of thioether (sulfide) groups is 1. The van der Waals surface area contributed by atoms with Gasteiger partial charge in [0.15, 0.2) is 0 Å². The van der Waals surface area contributed by atoms with Crippen molar-refractivity contribution in [3.05, 3.63) is 62.5 Å². The number of amides is 3. The molecule has 0 unspecified atom stereocenters. The van der Waals surface area contributed by atoms with Gasteiger partial charge in [0.25, 0.3) is 11.1 Å². The van der Waals surface area contributed by atoms with Gasteiger partial charge in [-0.1, -0.05) is 24.3 Å². The van der Waals surface area contributed by atoms with E-state index in [1.165, 1.54) is 0 Å². The largest absolute Gasteiger partial charge is 0.377 e. The Labute approximate surface area is 188 Å². The van der Waals surface area contributed by atoms with Gasteiger partial charge in [-0.25, -0.2) is 0 Å². The Balaban J connectivity index is 1.74. The molecule has 2 aromatic carbocycles. The highest BCUT2D eigenvalue weighted by Gasteiger charge is 2.36. The van der Waals surface area contributed by atoms with Crippen LogP contribution < -0.4 is 10.2 Å². The van der Waals surface area contributed by atoms with Crippen LogP contribution in [0.4, 0.5) is 16.2 Å². The second-order valence-electron chi connectivity index (χ2n) is 7.19. The van der Waals surface area contributed by atoms with Crippen LogP contribution in [0.3, 0.4) is 0 Å². The Hall–Kier alpha value is -2.58. The van der Waals surface area contributed by atoms with E-state index in [4.69, 9.17) is 0 Å². The maximum atomic E-state index is 12.7. The number of nitrogens with one attached hydrogen (secondary N) is 1. The van der Waals surface area contributed by atoms with E-state index in [0.29, 0.717) is 10.6 Å². The van der Waals surface area contributed by atoms with Crippen molar-refractivity contribution in [1.29, 1.82) is 0 Å². The number of carbonyl (C=O) groups excluding carboxylic acids is 3. The molecule has 0 saturated carbocycles. The SMILES string of the molecule is Cc1cccc(C)c1NC(=O)CN1C(=O)S/C(=C\c2ccc(N(C)C)c(Br)c2)C1=O. The van der Waals surface area contributed by atoms with Crippen molar-refractivity contribution in [2.45, 2.75) is 13.8 Å². The Morgan fingerprint density at radius 2 is 1.83 bits per heavy atom. The van der Waals surface area contributed by atoms with Crippen LogP contribution >= 0.6 is 27.7 Å². The van der Waals surface area contributed by atoms with E-state index < -0.39 is 17.1 Å². The first-order valence-corrected chi connectivity index (χ1v) is 10.9. The van der Waals surface area contributed by atoms with Gasteiger partial charge in [0.05, 0.1) is 10.6 Å². The van der Waals surface area contributed by atoms with Crippen LogP contribution in [0.25, 0.3) is 6.08 Å². The fourth-order valence-electron chi connectivity index (χ4n) is 3.10. The van der Waals surface area contributed by atoms with Crippen molar-refractivity contribution >= 4 is 62.2 Å². The molecule has 0 radical (unpaired) electrons. The minimum Gasteiger partial charge on any atom is -0.377 e. The molecule has 3 rings (SSSR count). The lowest BCUT2D eigenvalue weighted by Gasteiger charge is -2.15. The first kappa shape index (κ1) is 22.1. The smallest absolute Gasteiger partial charge is 0.294 e. The molecule has 8 heteroatoms. The molecule has 1 aliphatic heterocycles. The molecule has 3 amide bonds. The number of anilines is 2. The molecule has 30 heavy (non-hydrogen) atoms. The van der Waals surface area contributed by atoms with Crippen LogP contribution in [0.2, 0.25) is 0 Å². The molecule has 1 saturated heterocycles. The maximum absolute atomic E-state index is 12.7. The zero-order valence-corrected chi connectivity index (χ0v) is 19.6. The van der Waals surface area contributed by atoms with Crippen LogP contribution in [-0.2, 0) is 9.59 Å². The molecule has 6 nitrogen and oxygen atoms in total. The van der Waals surface area contributed by atoms with Gasteiger partial charge in [-0.15, -0.1) is 0 Å². The van der Waals surface area contributed by atoms with Gasteiger partial charge >= 0.3 is 0 Å². The van der Waals surface area contributed by atoms with Gasteiger partial charge in [0.1, 0.15) is 6.54 Å². The Bertz CT molecular complexity index is 1050. The zero-order chi connectivity index (χ0) is 22.0. The summed E-state index contributed by atoms with van der Waals surface area (Å²) in [6.45, 7) is 3.47. The van der Waals surface area contributed by atoms with Gasteiger partial charge < -0.3 is 10.2 Å². The van der Waals surface area contributed by atoms with E-state index in [1.54, 1.807) is 6.08 Å². The average Bonchev–Trinajstić information content (AvgIpc) is 2.92.